The molecule has 1 aromatic carbocycles. The van der Waals surface area contributed by atoms with E-state index in [1.54, 1.807) is 6.26 Å². The van der Waals surface area contributed by atoms with Crippen LogP contribution in [0.5, 0.6) is 0 Å². The first kappa shape index (κ1) is 19.1. The molecular weight excluding hydrogens is 350 g/mol. The Morgan fingerprint density at radius 1 is 1.21 bits per heavy atom. The number of amides is 1. The van der Waals surface area contributed by atoms with Crippen LogP contribution in [0, 0.1) is 5.92 Å². The Balaban J connectivity index is 1.43. The summed E-state index contributed by atoms with van der Waals surface area (Å²) in [7, 11) is 0. The minimum absolute atomic E-state index is 0.116. The van der Waals surface area contributed by atoms with E-state index in [1.165, 1.54) is 11.3 Å². The Labute approximate surface area is 167 Å². The van der Waals surface area contributed by atoms with Crippen molar-refractivity contribution in [1.29, 1.82) is 0 Å². The summed E-state index contributed by atoms with van der Waals surface area (Å²) < 4.78 is 5.78. The zero-order chi connectivity index (χ0) is 19.5. The number of para-hydroxylation sites is 1. The third kappa shape index (κ3) is 3.81. The largest absolute Gasteiger partial charge is 0.467 e. The fraction of sp³-hybridized carbons (Fsp3) is 0.522. The maximum Gasteiger partial charge on any atom is 0.257 e. The van der Waals surface area contributed by atoms with Crippen molar-refractivity contribution < 1.29 is 9.21 Å². The second-order valence-electron chi connectivity index (χ2n) is 8.11. The molecule has 5 nitrogen and oxygen atoms in total. The van der Waals surface area contributed by atoms with Crippen molar-refractivity contribution in [1.82, 2.24) is 10.2 Å². The zero-order valence-corrected chi connectivity index (χ0v) is 17.0. The summed E-state index contributed by atoms with van der Waals surface area (Å²) in [6.45, 7) is 8.75. The average molecular weight is 382 g/mol. The summed E-state index contributed by atoms with van der Waals surface area (Å²) in [6.07, 6.45) is 4.84. The van der Waals surface area contributed by atoms with Gasteiger partial charge in [0.15, 0.2) is 0 Å². The molecule has 1 unspecified atom stereocenters. The second-order valence-corrected chi connectivity index (χ2v) is 8.11. The van der Waals surface area contributed by atoms with E-state index in [4.69, 9.17) is 4.42 Å². The minimum Gasteiger partial charge on any atom is -0.467 e. The number of hydrogen-bond donors (Lipinski definition) is 1. The molecule has 2 aromatic rings. The molecule has 0 radical (unpaired) electrons. The van der Waals surface area contributed by atoms with Crippen molar-refractivity contribution in [3.63, 3.8) is 0 Å². The summed E-state index contributed by atoms with van der Waals surface area (Å²) in [5.41, 5.74) is 3.35. The normalized spacial score (nSPS) is 19.9. The van der Waals surface area contributed by atoms with Crippen LogP contribution in [0.15, 0.2) is 41.0 Å². The van der Waals surface area contributed by atoms with Gasteiger partial charge in [0.05, 0.1) is 18.4 Å². The number of carbonyl (C=O) groups is 1. The standard InChI is InChI=1S/C23H31N3O2/c1-3-24-15-18-8-11-25(12-9-18)23(27)20-10-13-28-22(20)16-26-17(2)14-19-6-4-5-7-21(19)26/h4-7,10,13,17-18,24H,3,8-9,11-12,14-16H2,1-2H3. The van der Waals surface area contributed by atoms with Gasteiger partial charge in [-0.3, -0.25) is 4.79 Å². The molecule has 0 saturated carbocycles. The van der Waals surface area contributed by atoms with E-state index in [0.717, 1.165) is 56.8 Å². The van der Waals surface area contributed by atoms with Crippen LogP contribution < -0.4 is 10.2 Å². The molecule has 1 N–H and O–H groups in total. The van der Waals surface area contributed by atoms with Crippen molar-refractivity contribution >= 4 is 11.6 Å². The molecular formula is C23H31N3O2. The van der Waals surface area contributed by atoms with Gasteiger partial charge in [0, 0.05) is 24.8 Å². The molecule has 3 heterocycles. The number of piperidine rings is 1. The van der Waals surface area contributed by atoms with Crippen molar-refractivity contribution in [3.05, 3.63) is 53.5 Å². The topological polar surface area (TPSA) is 48.7 Å². The van der Waals surface area contributed by atoms with Crippen LogP contribution >= 0.6 is 0 Å². The fourth-order valence-corrected chi connectivity index (χ4v) is 4.54. The van der Waals surface area contributed by atoms with Crippen LogP contribution in [0.4, 0.5) is 5.69 Å². The molecule has 2 aliphatic rings. The lowest BCUT2D eigenvalue weighted by Crippen LogP contribution is -2.41. The lowest BCUT2D eigenvalue weighted by molar-refractivity contribution is 0.0688. The second kappa shape index (κ2) is 8.39. The van der Waals surface area contributed by atoms with Crippen molar-refractivity contribution in [2.45, 2.75) is 45.7 Å². The number of rotatable bonds is 6. The van der Waals surface area contributed by atoms with Crippen molar-refractivity contribution in [2.75, 3.05) is 31.1 Å². The molecule has 4 rings (SSSR count). The monoisotopic (exact) mass is 381 g/mol. The van der Waals surface area contributed by atoms with Gasteiger partial charge in [-0.2, -0.15) is 0 Å². The summed E-state index contributed by atoms with van der Waals surface area (Å²) >= 11 is 0. The number of furan rings is 1. The third-order valence-corrected chi connectivity index (χ3v) is 6.22. The lowest BCUT2D eigenvalue weighted by atomic mass is 9.96. The molecule has 1 saturated heterocycles. The molecule has 2 aliphatic heterocycles. The van der Waals surface area contributed by atoms with Crippen LogP contribution in [0.3, 0.4) is 0 Å². The average Bonchev–Trinajstić information content (AvgIpc) is 3.31. The predicted molar refractivity (Wildman–Crippen MR) is 112 cm³/mol. The van der Waals surface area contributed by atoms with E-state index in [0.29, 0.717) is 18.5 Å². The lowest BCUT2D eigenvalue weighted by Gasteiger charge is -2.32. The first-order valence-corrected chi connectivity index (χ1v) is 10.6. The highest BCUT2D eigenvalue weighted by Crippen LogP contribution is 2.34. The van der Waals surface area contributed by atoms with Gasteiger partial charge in [0.1, 0.15) is 5.76 Å². The highest BCUT2D eigenvalue weighted by Gasteiger charge is 2.30. The number of anilines is 1. The SMILES string of the molecule is CCNCC1CCN(C(=O)c2ccoc2CN2c3ccccc3CC2C)CC1. The summed E-state index contributed by atoms with van der Waals surface area (Å²) in [6, 6.07) is 10.8. The molecule has 0 bridgehead atoms. The van der Waals surface area contributed by atoms with Crippen molar-refractivity contribution in [3.8, 4) is 0 Å². The maximum atomic E-state index is 13.1. The van der Waals surface area contributed by atoms with Gasteiger partial charge in [-0.1, -0.05) is 25.1 Å². The number of benzene rings is 1. The minimum atomic E-state index is 0.116. The Kier molecular flexibility index (Phi) is 5.72. The van der Waals surface area contributed by atoms with Gasteiger partial charge in [0.25, 0.3) is 5.91 Å². The summed E-state index contributed by atoms with van der Waals surface area (Å²) in [5, 5.41) is 3.43. The van der Waals surface area contributed by atoms with Gasteiger partial charge in [0.2, 0.25) is 0 Å². The van der Waals surface area contributed by atoms with Crippen molar-refractivity contribution in [2.24, 2.45) is 5.92 Å². The van der Waals surface area contributed by atoms with Gasteiger partial charge in [-0.05, 0) is 62.9 Å². The highest BCUT2D eigenvalue weighted by atomic mass is 16.3. The molecule has 150 valence electrons. The molecule has 1 aromatic heterocycles. The number of carbonyl (C=O) groups excluding carboxylic acids is 1. The van der Waals surface area contributed by atoms with Crippen LogP contribution in [-0.4, -0.2) is 43.0 Å². The van der Waals surface area contributed by atoms with E-state index in [1.807, 2.05) is 11.0 Å². The van der Waals surface area contributed by atoms with Gasteiger partial charge in [-0.25, -0.2) is 0 Å². The number of likely N-dealkylation sites (tertiary alicyclic amines) is 1. The molecule has 5 heteroatoms. The number of nitrogens with one attached hydrogen (secondary N) is 1. The fourth-order valence-electron chi connectivity index (χ4n) is 4.54. The Hall–Kier alpha value is -2.27. The summed E-state index contributed by atoms with van der Waals surface area (Å²) in [5.74, 6) is 1.57. The van der Waals surface area contributed by atoms with Crippen LogP contribution in [-0.2, 0) is 13.0 Å². The van der Waals surface area contributed by atoms with E-state index in [2.05, 4.69) is 48.3 Å². The van der Waals surface area contributed by atoms with E-state index in [-0.39, 0.29) is 5.91 Å². The smallest absolute Gasteiger partial charge is 0.257 e. The van der Waals surface area contributed by atoms with Crippen LogP contribution in [0.2, 0.25) is 0 Å². The molecule has 28 heavy (non-hydrogen) atoms. The van der Waals surface area contributed by atoms with E-state index in [9.17, 15) is 4.79 Å². The maximum absolute atomic E-state index is 13.1. The third-order valence-electron chi connectivity index (χ3n) is 6.22. The van der Waals surface area contributed by atoms with Gasteiger partial charge in [-0.15, -0.1) is 0 Å². The Morgan fingerprint density at radius 2 is 2.00 bits per heavy atom. The van der Waals surface area contributed by atoms with Crippen LogP contribution in [0.1, 0.15) is 48.4 Å². The molecule has 1 amide bonds. The number of hydrogen-bond acceptors (Lipinski definition) is 4. The van der Waals surface area contributed by atoms with Gasteiger partial charge < -0.3 is 19.5 Å². The highest BCUT2D eigenvalue weighted by molar-refractivity contribution is 5.95. The van der Waals surface area contributed by atoms with E-state index < -0.39 is 0 Å². The zero-order valence-electron chi connectivity index (χ0n) is 17.0. The van der Waals surface area contributed by atoms with E-state index >= 15 is 0 Å². The first-order chi connectivity index (χ1) is 13.7. The molecule has 1 fully saturated rings. The summed E-state index contributed by atoms with van der Waals surface area (Å²) in [4.78, 5) is 17.5. The quantitative estimate of drug-likeness (QED) is 0.829. The molecule has 0 spiro atoms. The molecule has 0 aliphatic carbocycles. The van der Waals surface area contributed by atoms with Gasteiger partial charge >= 0.3 is 0 Å². The predicted octanol–water partition coefficient (Wildman–Crippen LogP) is 3.69. The van der Waals surface area contributed by atoms with Crippen LogP contribution in [0.25, 0.3) is 0 Å². The molecule has 1 atom stereocenters. The Morgan fingerprint density at radius 3 is 2.79 bits per heavy atom. The Bertz CT molecular complexity index is 808. The first-order valence-electron chi connectivity index (χ1n) is 10.6. The number of nitrogens with zero attached hydrogens (tertiary/aromatic N) is 2. The number of fused-ring (bicyclic) bond motifs is 1.